The quantitative estimate of drug-likeness (QED) is 0.796. The minimum Gasteiger partial charge on any atom is -0.388 e. The lowest BCUT2D eigenvalue weighted by molar-refractivity contribution is -0.121. The predicted molar refractivity (Wildman–Crippen MR) is 64.1 cm³/mol. The van der Waals surface area contributed by atoms with Crippen LogP contribution in [-0.4, -0.2) is 18.1 Å². The Labute approximate surface area is 96.5 Å². The van der Waals surface area contributed by atoms with Crippen molar-refractivity contribution in [1.29, 1.82) is 0 Å². The average Bonchev–Trinajstić information content (AvgIpc) is 2.35. The second-order valence-corrected chi connectivity index (χ2v) is 3.82. The number of rotatable bonds is 5. The molecule has 3 nitrogen and oxygen atoms in total. The second-order valence-electron chi connectivity index (χ2n) is 3.82. The predicted octanol–water partition coefficient (Wildman–Crippen LogP) is 1.81. The Hall–Kier alpha value is -1.35. The molecule has 1 aromatic carbocycles. The highest BCUT2D eigenvalue weighted by Crippen LogP contribution is 2.18. The third kappa shape index (κ3) is 3.66. The van der Waals surface area contributed by atoms with Gasteiger partial charge in [0.05, 0.1) is 6.10 Å². The van der Waals surface area contributed by atoms with Crippen molar-refractivity contribution in [2.45, 2.75) is 32.3 Å². The Morgan fingerprint density at radius 3 is 2.50 bits per heavy atom. The van der Waals surface area contributed by atoms with E-state index in [1.54, 1.807) is 7.05 Å². The number of carbonyl (C=O) groups is 1. The molecule has 0 heterocycles. The van der Waals surface area contributed by atoms with Crippen LogP contribution < -0.4 is 5.32 Å². The van der Waals surface area contributed by atoms with Crippen LogP contribution in [0, 0.1) is 0 Å². The van der Waals surface area contributed by atoms with Gasteiger partial charge in [0.15, 0.2) is 0 Å². The summed E-state index contributed by atoms with van der Waals surface area (Å²) in [5, 5.41) is 12.4. The van der Waals surface area contributed by atoms with Gasteiger partial charge < -0.3 is 10.4 Å². The summed E-state index contributed by atoms with van der Waals surface area (Å²) in [6.45, 7) is 2.09. The summed E-state index contributed by atoms with van der Waals surface area (Å²) in [5.41, 5.74) is 2.13. The van der Waals surface area contributed by atoms with Gasteiger partial charge in [-0.05, 0) is 24.0 Å². The first-order valence-electron chi connectivity index (χ1n) is 5.64. The van der Waals surface area contributed by atoms with Crippen molar-refractivity contribution in [3.05, 3.63) is 35.4 Å². The standard InChI is InChI=1S/C13H19NO2/c1-3-10-4-6-11(7-5-10)12(15)8-9-13(16)14-2/h4-7,12,15H,3,8-9H2,1-2H3,(H,14,16). The van der Waals surface area contributed by atoms with E-state index in [1.165, 1.54) is 5.56 Å². The minimum absolute atomic E-state index is 0.0378. The van der Waals surface area contributed by atoms with Crippen LogP contribution >= 0.6 is 0 Å². The van der Waals surface area contributed by atoms with E-state index in [-0.39, 0.29) is 5.91 Å². The molecule has 1 unspecified atom stereocenters. The summed E-state index contributed by atoms with van der Waals surface area (Å²) in [6, 6.07) is 7.87. The Bertz CT molecular complexity index is 332. The molecule has 0 bridgehead atoms. The third-order valence-corrected chi connectivity index (χ3v) is 2.70. The first-order valence-corrected chi connectivity index (χ1v) is 5.64. The van der Waals surface area contributed by atoms with E-state index >= 15 is 0 Å². The second kappa shape index (κ2) is 6.28. The topological polar surface area (TPSA) is 49.3 Å². The van der Waals surface area contributed by atoms with Crippen LogP contribution in [0.1, 0.15) is 37.0 Å². The summed E-state index contributed by atoms with van der Waals surface area (Å²) in [4.78, 5) is 11.0. The van der Waals surface area contributed by atoms with E-state index in [4.69, 9.17) is 0 Å². The maximum atomic E-state index is 11.0. The third-order valence-electron chi connectivity index (χ3n) is 2.70. The summed E-state index contributed by atoms with van der Waals surface area (Å²) in [6.07, 6.45) is 1.26. The molecule has 0 saturated carbocycles. The first-order chi connectivity index (χ1) is 7.67. The van der Waals surface area contributed by atoms with Crippen LogP contribution in [0.4, 0.5) is 0 Å². The summed E-state index contributed by atoms with van der Waals surface area (Å²) < 4.78 is 0. The number of carbonyl (C=O) groups excluding carboxylic acids is 1. The number of hydrogen-bond donors (Lipinski definition) is 2. The summed E-state index contributed by atoms with van der Waals surface area (Å²) in [7, 11) is 1.60. The van der Waals surface area contributed by atoms with Crippen molar-refractivity contribution in [2.75, 3.05) is 7.05 Å². The highest BCUT2D eigenvalue weighted by molar-refractivity contribution is 5.75. The fourth-order valence-electron chi connectivity index (χ4n) is 1.53. The number of hydrogen-bond acceptors (Lipinski definition) is 2. The lowest BCUT2D eigenvalue weighted by Gasteiger charge is -2.10. The molecule has 16 heavy (non-hydrogen) atoms. The van der Waals surface area contributed by atoms with Gasteiger partial charge in [-0.25, -0.2) is 0 Å². The number of aryl methyl sites for hydroxylation is 1. The Kier molecular flexibility index (Phi) is 4.99. The molecule has 3 heteroatoms. The maximum absolute atomic E-state index is 11.0. The van der Waals surface area contributed by atoms with Crippen molar-refractivity contribution in [3.8, 4) is 0 Å². The molecule has 0 aliphatic rings. The van der Waals surface area contributed by atoms with E-state index in [9.17, 15) is 9.90 Å². The first kappa shape index (κ1) is 12.7. The SMILES string of the molecule is CCc1ccc(C(O)CCC(=O)NC)cc1. The van der Waals surface area contributed by atoms with E-state index < -0.39 is 6.10 Å². The van der Waals surface area contributed by atoms with Crippen molar-refractivity contribution < 1.29 is 9.90 Å². The Morgan fingerprint density at radius 2 is 2.00 bits per heavy atom. The molecule has 1 atom stereocenters. The Balaban J connectivity index is 2.52. The van der Waals surface area contributed by atoms with E-state index in [2.05, 4.69) is 12.2 Å². The van der Waals surface area contributed by atoms with Gasteiger partial charge in [-0.3, -0.25) is 4.79 Å². The molecule has 2 N–H and O–H groups in total. The van der Waals surface area contributed by atoms with Gasteiger partial charge in [0, 0.05) is 13.5 Å². The maximum Gasteiger partial charge on any atom is 0.219 e. The Morgan fingerprint density at radius 1 is 1.38 bits per heavy atom. The largest absolute Gasteiger partial charge is 0.388 e. The van der Waals surface area contributed by atoms with Crippen LogP contribution in [0.25, 0.3) is 0 Å². The normalized spacial score (nSPS) is 12.2. The van der Waals surface area contributed by atoms with Gasteiger partial charge in [-0.2, -0.15) is 0 Å². The van der Waals surface area contributed by atoms with Gasteiger partial charge in [0.1, 0.15) is 0 Å². The van der Waals surface area contributed by atoms with Gasteiger partial charge in [0.2, 0.25) is 5.91 Å². The average molecular weight is 221 g/mol. The van der Waals surface area contributed by atoms with Crippen LogP contribution in [0.15, 0.2) is 24.3 Å². The van der Waals surface area contributed by atoms with Crippen molar-refractivity contribution in [2.24, 2.45) is 0 Å². The molecule has 88 valence electrons. The fourth-order valence-corrected chi connectivity index (χ4v) is 1.53. The van der Waals surface area contributed by atoms with Crippen molar-refractivity contribution in [3.63, 3.8) is 0 Å². The monoisotopic (exact) mass is 221 g/mol. The number of aliphatic hydroxyl groups is 1. The number of amides is 1. The van der Waals surface area contributed by atoms with E-state index in [1.807, 2.05) is 24.3 Å². The van der Waals surface area contributed by atoms with Crippen LogP contribution in [0.2, 0.25) is 0 Å². The highest BCUT2D eigenvalue weighted by atomic mass is 16.3. The number of benzene rings is 1. The van der Waals surface area contributed by atoms with Crippen molar-refractivity contribution in [1.82, 2.24) is 5.32 Å². The molecule has 0 aromatic heterocycles. The molecule has 0 aliphatic carbocycles. The fraction of sp³-hybridized carbons (Fsp3) is 0.462. The summed E-state index contributed by atoms with van der Waals surface area (Å²) in [5.74, 6) is -0.0378. The van der Waals surface area contributed by atoms with Gasteiger partial charge in [-0.1, -0.05) is 31.2 Å². The molecule has 1 amide bonds. The molecule has 0 radical (unpaired) electrons. The van der Waals surface area contributed by atoms with Gasteiger partial charge in [-0.15, -0.1) is 0 Å². The zero-order valence-corrected chi connectivity index (χ0v) is 9.86. The van der Waals surface area contributed by atoms with E-state index in [0.717, 1.165) is 12.0 Å². The lowest BCUT2D eigenvalue weighted by atomic mass is 10.0. The smallest absolute Gasteiger partial charge is 0.219 e. The number of aliphatic hydroxyl groups excluding tert-OH is 1. The van der Waals surface area contributed by atoms with Crippen LogP contribution in [0.5, 0.6) is 0 Å². The van der Waals surface area contributed by atoms with Crippen LogP contribution in [-0.2, 0) is 11.2 Å². The van der Waals surface area contributed by atoms with E-state index in [0.29, 0.717) is 12.8 Å². The van der Waals surface area contributed by atoms with Gasteiger partial charge in [0.25, 0.3) is 0 Å². The molecule has 0 aliphatic heterocycles. The molecule has 1 aromatic rings. The number of nitrogens with one attached hydrogen (secondary N) is 1. The molecular formula is C13H19NO2. The highest BCUT2D eigenvalue weighted by Gasteiger charge is 2.09. The molecule has 0 fully saturated rings. The van der Waals surface area contributed by atoms with Crippen molar-refractivity contribution >= 4 is 5.91 Å². The van der Waals surface area contributed by atoms with Crippen LogP contribution in [0.3, 0.4) is 0 Å². The lowest BCUT2D eigenvalue weighted by Crippen LogP contribution is -2.18. The molecule has 1 rings (SSSR count). The molecular weight excluding hydrogens is 202 g/mol. The summed E-state index contributed by atoms with van der Waals surface area (Å²) >= 11 is 0. The van der Waals surface area contributed by atoms with Gasteiger partial charge >= 0.3 is 0 Å². The molecule has 0 spiro atoms. The zero-order valence-electron chi connectivity index (χ0n) is 9.86. The zero-order chi connectivity index (χ0) is 12.0. The minimum atomic E-state index is -0.553. The molecule has 0 saturated heterocycles.